The fourth-order valence-electron chi connectivity index (χ4n) is 3.82. The maximum absolute atomic E-state index is 12.7. The Labute approximate surface area is 176 Å². The van der Waals surface area contributed by atoms with E-state index in [1.54, 1.807) is 6.07 Å². The van der Waals surface area contributed by atoms with Crippen molar-refractivity contribution in [3.63, 3.8) is 0 Å². The third-order valence-electron chi connectivity index (χ3n) is 5.48. The van der Waals surface area contributed by atoms with Crippen molar-refractivity contribution in [2.45, 2.75) is 44.4 Å². The molecule has 1 amide bonds. The highest BCUT2D eigenvalue weighted by atomic mass is 32.2. The van der Waals surface area contributed by atoms with Gasteiger partial charge in [0.25, 0.3) is 10.0 Å². The van der Waals surface area contributed by atoms with Crippen LogP contribution in [-0.4, -0.2) is 25.4 Å². The standard InChI is InChI=1S/C22H26N2O5S/c1-14-7-12-20(15(2)13-14)24-30(28,29)17-10-8-16(9-11-17)23-21(25)18-5-3-4-6-19(18)22(26)27/h7-13,18-19,24H,3-6H2,1-2H3,(H,23,25)(H,26,27)/t18-,19-/m1/s1. The molecule has 0 unspecified atom stereocenters. The van der Waals surface area contributed by atoms with Gasteiger partial charge in [-0.15, -0.1) is 0 Å². The molecular formula is C22H26N2O5S. The van der Waals surface area contributed by atoms with E-state index in [0.29, 0.717) is 24.2 Å². The molecule has 2 aromatic rings. The monoisotopic (exact) mass is 430 g/mol. The first-order chi connectivity index (χ1) is 14.2. The number of carbonyl (C=O) groups is 2. The van der Waals surface area contributed by atoms with Gasteiger partial charge in [-0.2, -0.15) is 0 Å². The molecule has 30 heavy (non-hydrogen) atoms. The fraction of sp³-hybridized carbons (Fsp3) is 0.364. The Morgan fingerprint density at radius 2 is 1.60 bits per heavy atom. The number of benzene rings is 2. The molecule has 0 aliphatic heterocycles. The van der Waals surface area contributed by atoms with Gasteiger partial charge < -0.3 is 10.4 Å². The van der Waals surface area contributed by atoms with Crippen molar-refractivity contribution < 1.29 is 23.1 Å². The Kier molecular flexibility index (Phi) is 6.45. The molecule has 2 aromatic carbocycles. The first-order valence-corrected chi connectivity index (χ1v) is 11.4. The molecule has 0 aromatic heterocycles. The van der Waals surface area contributed by atoms with Crippen LogP contribution in [0.3, 0.4) is 0 Å². The van der Waals surface area contributed by atoms with E-state index in [9.17, 15) is 23.1 Å². The van der Waals surface area contributed by atoms with Crippen LogP contribution in [0.25, 0.3) is 0 Å². The first kappa shape index (κ1) is 21.8. The van der Waals surface area contributed by atoms with Gasteiger partial charge in [0.05, 0.1) is 22.4 Å². The minimum absolute atomic E-state index is 0.0709. The minimum atomic E-state index is -3.77. The molecule has 8 heteroatoms. The molecule has 0 spiro atoms. The van der Waals surface area contributed by atoms with E-state index in [1.165, 1.54) is 24.3 Å². The summed E-state index contributed by atoms with van der Waals surface area (Å²) in [6, 6.07) is 11.3. The molecule has 1 aliphatic rings. The van der Waals surface area contributed by atoms with Crippen molar-refractivity contribution in [3.8, 4) is 0 Å². The lowest BCUT2D eigenvalue weighted by atomic mass is 9.78. The summed E-state index contributed by atoms with van der Waals surface area (Å²) >= 11 is 0. The summed E-state index contributed by atoms with van der Waals surface area (Å²) in [6.07, 6.45) is 2.66. The smallest absolute Gasteiger partial charge is 0.307 e. The molecular weight excluding hydrogens is 404 g/mol. The minimum Gasteiger partial charge on any atom is -0.481 e. The number of hydrogen-bond acceptors (Lipinski definition) is 4. The van der Waals surface area contributed by atoms with Crippen LogP contribution in [0.1, 0.15) is 36.8 Å². The second-order valence-electron chi connectivity index (χ2n) is 7.77. The van der Waals surface area contributed by atoms with Gasteiger partial charge >= 0.3 is 5.97 Å². The molecule has 0 saturated heterocycles. The highest BCUT2D eigenvalue weighted by Gasteiger charge is 2.35. The molecule has 1 aliphatic carbocycles. The molecule has 0 radical (unpaired) electrons. The van der Waals surface area contributed by atoms with Crippen LogP contribution >= 0.6 is 0 Å². The Hall–Kier alpha value is -2.87. The van der Waals surface area contributed by atoms with Crippen LogP contribution in [0, 0.1) is 25.7 Å². The summed E-state index contributed by atoms with van der Waals surface area (Å²) in [5.41, 5.74) is 2.80. The van der Waals surface area contributed by atoms with Gasteiger partial charge in [0.15, 0.2) is 0 Å². The van der Waals surface area contributed by atoms with E-state index in [0.717, 1.165) is 24.0 Å². The van der Waals surface area contributed by atoms with E-state index in [1.807, 2.05) is 26.0 Å². The largest absolute Gasteiger partial charge is 0.481 e. The summed E-state index contributed by atoms with van der Waals surface area (Å²) in [6.45, 7) is 3.77. The zero-order valence-corrected chi connectivity index (χ0v) is 17.8. The highest BCUT2D eigenvalue weighted by molar-refractivity contribution is 7.92. The predicted molar refractivity (Wildman–Crippen MR) is 115 cm³/mol. The second kappa shape index (κ2) is 8.87. The number of aliphatic carboxylic acids is 1. The molecule has 0 bridgehead atoms. The SMILES string of the molecule is Cc1ccc(NS(=O)(=O)c2ccc(NC(=O)[C@@H]3CCCC[C@H]3C(=O)O)cc2)c(C)c1. The lowest BCUT2D eigenvalue weighted by Crippen LogP contribution is -2.36. The van der Waals surface area contributed by atoms with Crippen LogP contribution in [0.2, 0.25) is 0 Å². The number of sulfonamides is 1. The average molecular weight is 431 g/mol. The van der Waals surface area contributed by atoms with Gasteiger partial charge in [0.1, 0.15) is 0 Å². The van der Waals surface area contributed by atoms with Crippen molar-refractivity contribution in [1.29, 1.82) is 0 Å². The van der Waals surface area contributed by atoms with Gasteiger partial charge in [-0.25, -0.2) is 8.42 Å². The number of amides is 1. The zero-order chi connectivity index (χ0) is 21.9. The van der Waals surface area contributed by atoms with Gasteiger partial charge in [0, 0.05) is 5.69 Å². The van der Waals surface area contributed by atoms with Crippen molar-refractivity contribution >= 4 is 33.3 Å². The van der Waals surface area contributed by atoms with E-state index in [-0.39, 0.29) is 10.8 Å². The van der Waals surface area contributed by atoms with E-state index in [2.05, 4.69) is 10.0 Å². The third kappa shape index (κ3) is 4.99. The molecule has 1 saturated carbocycles. The average Bonchev–Trinajstić information content (AvgIpc) is 2.70. The molecule has 160 valence electrons. The summed E-state index contributed by atoms with van der Waals surface area (Å²) in [7, 11) is -3.77. The van der Waals surface area contributed by atoms with E-state index >= 15 is 0 Å². The Morgan fingerprint density at radius 1 is 0.967 bits per heavy atom. The van der Waals surface area contributed by atoms with Crippen LogP contribution < -0.4 is 10.0 Å². The molecule has 2 atom stereocenters. The van der Waals surface area contributed by atoms with Crippen LogP contribution in [-0.2, 0) is 19.6 Å². The van der Waals surface area contributed by atoms with Gasteiger partial charge in [-0.05, 0) is 62.6 Å². The topological polar surface area (TPSA) is 113 Å². The van der Waals surface area contributed by atoms with Crippen LogP contribution in [0.4, 0.5) is 11.4 Å². The third-order valence-corrected chi connectivity index (χ3v) is 6.86. The van der Waals surface area contributed by atoms with Crippen molar-refractivity contribution in [2.24, 2.45) is 11.8 Å². The number of carboxylic acids is 1. The van der Waals surface area contributed by atoms with Crippen molar-refractivity contribution in [3.05, 3.63) is 53.6 Å². The van der Waals surface area contributed by atoms with E-state index in [4.69, 9.17) is 0 Å². The second-order valence-corrected chi connectivity index (χ2v) is 9.46. The van der Waals surface area contributed by atoms with Crippen molar-refractivity contribution in [2.75, 3.05) is 10.0 Å². The molecule has 0 heterocycles. The molecule has 7 nitrogen and oxygen atoms in total. The summed E-state index contributed by atoms with van der Waals surface area (Å²) < 4.78 is 27.9. The number of rotatable bonds is 6. The Morgan fingerprint density at radius 3 is 2.20 bits per heavy atom. The highest BCUT2D eigenvalue weighted by Crippen LogP contribution is 2.31. The Balaban J connectivity index is 1.71. The zero-order valence-electron chi connectivity index (χ0n) is 17.0. The van der Waals surface area contributed by atoms with Crippen LogP contribution in [0.15, 0.2) is 47.4 Å². The molecule has 3 rings (SSSR count). The van der Waals surface area contributed by atoms with Crippen molar-refractivity contribution in [1.82, 2.24) is 0 Å². The number of hydrogen-bond donors (Lipinski definition) is 3. The van der Waals surface area contributed by atoms with Gasteiger partial charge in [-0.3, -0.25) is 14.3 Å². The summed E-state index contributed by atoms with van der Waals surface area (Å²) in [4.78, 5) is 24.1. The summed E-state index contributed by atoms with van der Waals surface area (Å²) in [5, 5.41) is 12.1. The van der Waals surface area contributed by atoms with Gasteiger partial charge in [-0.1, -0.05) is 30.5 Å². The summed E-state index contributed by atoms with van der Waals surface area (Å²) in [5.74, 6) is -2.55. The van der Waals surface area contributed by atoms with E-state index < -0.39 is 27.8 Å². The predicted octanol–water partition coefficient (Wildman–Crippen LogP) is 3.93. The number of anilines is 2. The lowest BCUT2D eigenvalue weighted by Gasteiger charge is -2.27. The maximum Gasteiger partial charge on any atom is 0.307 e. The molecule has 1 fully saturated rings. The molecule has 3 N–H and O–H groups in total. The van der Waals surface area contributed by atoms with Crippen LogP contribution in [0.5, 0.6) is 0 Å². The number of nitrogens with one attached hydrogen (secondary N) is 2. The lowest BCUT2D eigenvalue weighted by molar-refractivity contribution is -0.147. The van der Waals surface area contributed by atoms with Gasteiger partial charge in [0.2, 0.25) is 5.91 Å². The number of carbonyl (C=O) groups excluding carboxylic acids is 1. The fourth-order valence-corrected chi connectivity index (χ4v) is 4.96. The first-order valence-electron chi connectivity index (χ1n) is 9.91. The quantitative estimate of drug-likeness (QED) is 0.643. The number of carboxylic acid groups (broad SMARTS) is 1. The maximum atomic E-state index is 12.7. The number of aryl methyl sites for hydroxylation is 2. The Bertz CT molecular complexity index is 1050. The normalized spacial score (nSPS) is 19.1.